The van der Waals surface area contributed by atoms with Crippen molar-refractivity contribution in [2.75, 3.05) is 7.11 Å². The molecular formula is C18H28INO3. The molecule has 1 saturated carbocycles. The quantitative estimate of drug-likeness (QED) is 0.481. The first kappa shape index (κ1) is 19.1. The zero-order chi connectivity index (χ0) is 16.7. The molecule has 0 aliphatic heterocycles. The SMILES string of the molecule is CC[C@H](OC(O)NC1CCCCC1)[C@@H](OC)c1ccccc1I. The summed E-state index contributed by atoms with van der Waals surface area (Å²) in [6.07, 6.45) is 5.43. The number of methoxy groups -OCH3 is 1. The minimum absolute atomic E-state index is 0.184. The fourth-order valence-electron chi connectivity index (χ4n) is 3.24. The minimum Gasteiger partial charge on any atom is -0.374 e. The van der Waals surface area contributed by atoms with Gasteiger partial charge in [-0.3, -0.25) is 5.32 Å². The Morgan fingerprint density at radius 1 is 1.26 bits per heavy atom. The number of hydrogen-bond acceptors (Lipinski definition) is 4. The molecule has 0 radical (unpaired) electrons. The van der Waals surface area contributed by atoms with Crippen LogP contribution < -0.4 is 5.32 Å². The van der Waals surface area contributed by atoms with E-state index in [0.717, 1.165) is 28.4 Å². The normalized spacial score (nSPS) is 20.2. The van der Waals surface area contributed by atoms with Crippen LogP contribution in [0.4, 0.5) is 0 Å². The zero-order valence-electron chi connectivity index (χ0n) is 14.0. The van der Waals surface area contributed by atoms with Gasteiger partial charge >= 0.3 is 0 Å². The molecule has 4 nitrogen and oxygen atoms in total. The highest BCUT2D eigenvalue weighted by atomic mass is 127. The second-order valence-electron chi connectivity index (χ2n) is 6.11. The van der Waals surface area contributed by atoms with Crippen LogP contribution in [-0.2, 0) is 9.47 Å². The molecular weight excluding hydrogens is 405 g/mol. The lowest BCUT2D eigenvalue weighted by Gasteiger charge is -2.31. The van der Waals surface area contributed by atoms with Crippen molar-refractivity contribution in [3.05, 3.63) is 33.4 Å². The molecule has 1 aromatic carbocycles. The smallest absolute Gasteiger partial charge is 0.214 e. The van der Waals surface area contributed by atoms with Gasteiger partial charge in [0.15, 0.2) is 0 Å². The molecule has 2 rings (SSSR count). The van der Waals surface area contributed by atoms with Crippen LogP contribution in [0.1, 0.15) is 57.1 Å². The van der Waals surface area contributed by atoms with Gasteiger partial charge in [0, 0.05) is 16.7 Å². The Morgan fingerprint density at radius 3 is 2.57 bits per heavy atom. The van der Waals surface area contributed by atoms with Crippen molar-refractivity contribution in [2.24, 2.45) is 0 Å². The van der Waals surface area contributed by atoms with E-state index in [9.17, 15) is 5.11 Å². The van der Waals surface area contributed by atoms with E-state index in [1.807, 2.05) is 12.1 Å². The molecule has 130 valence electrons. The summed E-state index contributed by atoms with van der Waals surface area (Å²) in [5.41, 5.74) is 1.10. The molecule has 0 bridgehead atoms. The first-order chi connectivity index (χ1) is 11.2. The summed E-state index contributed by atoms with van der Waals surface area (Å²) < 4.78 is 12.7. The molecule has 0 heterocycles. The van der Waals surface area contributed by atoms with Crippen molar-refractivity contribution in [2.45, 2.75) is 70.1 Å². The Hall–Kier alpha value is -0.210. The summed E-state index contributed by atoms with van der Waals surface area (Å²) >= 11 is 2.31. The van der Waals surface area contributed by atoms with Crippen LogP contribution in [0.5, 0.6) is 0 Å². The number of ether oxygens (including phenoxy) is 2. The second kappa shape index (κ2) is 9.93. The maximum atomic E-state index is 10.3. The number of aliphatic hydroxyl groups is 1. The van der Waals surface area contributed by atoms with E-state index >= 15 is 0 Å². The highest BCUT2D eigenvalue weighted by Gasteiger charge is 2.27. The molecule has 0 saturated heterocycles. The van der Waals surface area contributed by atoms with Gasteiger partial charge in [-0.15, -0.1) is 0 Å². The number of rotatable bonds is 8. The Kier molecular flexibility index (Phi) is 8.26. The average molecular weight is 433 g/mol. The van der Waals surface area contributed by atoms with Gasteiger partial charge in [0.2, 0.25) is 6.41 Å². The summed E-state index contributed by atoms with van der Waals surface area (Å²) in [7, 11) is 1.70. The number of aliphatic hydroxyl groups excluding tert-OH is 1. The summed E-state index contributed by atoms with van der Waals surface area (Å²) in [5, 5.41) is 13.5. The van der Waals surface area contributed by atoms with E-state index in [2.05, 4.69) is 47.0 Å². The van der Waals surface area contributed by atoms with Crippen LogP contribution in [0.3, 0.4) is 0 Å². The van der Waals surface area contributed by atoms with Crippen LogP contribution >= 0.6 is 22.6 Å². The molecule has 0 aromatic heterocycles. The fraction of sp³-hybridized carbons (Fsp3) is 0.667. The van der Waals surface area contributed by atoms with Gasteiger partial charge in [-0.25, -0.2) is 0 Å². The Labute approximate surface area is 153 Å². The Bertz CT molecular complexity index is 465. The third-order valence-corrected chi connectivity index (χ3v) is 5.48. The van der Waals surface area contributed by atoms with Gasteiger partial charge < -0.3 is 14.6 Å². The molecule has 1 aromatic rings. The molecule has 23 heavy (non-hydrogen) atoms. The van der Waals surface area contributed by atoms with E-state index in [1.54, 1.807) is 7.11 Å². The van der Waals surface area contributed by atoms with Crippen LogP contribution in [-0.4, -0.2) is 30.8 Å². The molecule has 0 spiro atoms. The van der Waals surface area contributed by atoms with Crippen molar-refractivity contribution in [1.82, 2.24) is 5.32 Å². The maximum Gasteiger partial charge on any atom is 0.214 e. The number of halogens is 1. The van der Waals surface area contributed by atoms with Crippen molar-refractivity contribution < 1.29 is 14.6 Å². The molecule has 1 aliphatic carbocycles. The number of nitrogens with one attached hydrogen (secondary N) is 1. The highest BCUT2D eigenvalue weighted by molar-refractivity contribution is 14.1. The average Bonchev–Trinajstić information content (AvgIpc) is 2.57. The largest absolute Gasteiger partial charge is 0.374 e. The molecule has 0 amide bonds. The molecule has 1 aliphatic rings. The molecule has 2 N–H and O–H groups in total. The topological polar surface area (TPSA) is 50.7 Å². The van der Waals surface area contributed by atoms with Gasteiger partial charge in [-0.05, 0) is 53.5 Å². The van der Waals surface area contributed by atoms with Crippen LogP contribution in [0, 0.1) is 3.57 Å². The summed E-state index contributed by atoms with van der Waals surface area (Å²) in [6, 6.07) is 8.50. The van der Waals surface area contributed by atoms with Gasteiger partial charge in [0.05, 0.1) is 6.10 Å². The lowest BCUT2D eigenvalue weighted by molar-refractivity contribution is -0.190. The van der Waals surface area contributed by atoms with Crippen molar-refractivity contribution in [3.63, 3.8) is 0 Å². The van der Waals surface area contributed by atoms with E-state index < -0.39 is 6.41 Å². The lowest BCUT2D eigenvalue weighted by atomic mass is 9.96. The van der Waals surface area contributed by atoms with Gasteiger partial charge in [-0.1, -0.05) is 44.4 Å². The summed E-state index contributed by atoms with van der Waals surface area (Å²) in [5.74, 6) is 0. The summed E-state index contributed by atoms with van der Waals surface area (Å²) in [4.78, 5) is 0. The Morgan fingerprint density at radius 2 is 1.96 bits per heavy atom. The third kappa shape index (κ3) is 5.67. The van der Waals surface area contributed by atoms with Crippen LogP contribution in [0.25, 0.3) is 0 Å². The summed E-state index contributed by atoms with van der Waals surface area (Å²) in [6.45, 7) is 2.06. The zero-order valence-corrected chi connectivity index (χ0v) is 16.2. The van der Waals surface area contributed by atoms with Crippen molar-refractivity contribution in [1.29, 1.82) is 0 Å². The molecule has 3 atom stereocenters. The Balaban J connectivity index is 1.97. The predicted molar refractivity (Wildman–Crippen MR) is 100 cm³/mol. The monoisotopic (exact) mass is 433 g/mol. The van der Waals surface area contributed by atoms with E-state index in [4.69, 9.17) is 9.47 Å². The predicted octanol–water partition coefficient (Wildman–Crippen LogP) is 3.97. The number of hydrogen-bond donors (Lipinski definition) is 2. The first-order valence-corrected chi connectivity index (χ1v) is 9.60. The maximum absolute atomic E-state index is 10.3. The van der Waals surface area contributed by atoms with Crippen molar-refractivity contribution >= 4 is 22.6 Å². The highest BCUT2D eigenvalue weighted by Crippen LogP contribution is 2.29. The van der Waals surface area contributed by atoms with Gasteiger partial charge in [0.25, 0.3) is 0 Å². The molecule has 5 heteroatoms. The first-order valence-electron chi connectivity index (χ1n) is 8.52. The molecule has 1 fully saturated rings. The van der Waals surface area contributed by atoms with E-state index in [0.29, 0.717) is 6.04 Å². The van der Waals surface area contributed by atoms with Crippen LogP contribution in [0.15, 0.2) is 24.3 Å². The van der Waals surface area contributed by atoms with Crippen LogP contribution in [0.2, 0.25) is 0 Å². The van der Waals surface area contributed by atoms with Crippen molar-refractivity contribution in [3.8, 4) is 0 Å². The van der Waals surface area contributed by atoms with Gasteiger partial charge in [-0.2, -0.15) is 0 Å². The standard InChI is InChI=1S/C18H28INO3/c1-3-16(17(22-2)14-11-7-8-12-15(14)19)23-18(21)20-13-9-5-4-6-10-13/h7-8,11-13,16-18,20-21H,3-6,9-10H2,1-2H3/t16-,17-,18?/m0/s1. The van der Waals surface area contributed by atoms with E-state index in [1.165, 1.54) is 19.3 Å². The fourth-order valence-corrected chi connectivity index (χ4v) is 3.94. The molecule has 1 unspecified atom stereocenters. The third-order valence-electron chi connectivity index (χ3n) is 4.49. The van der Waals surface area contributed by atoms with Gasteiger partial charge in [0.1, 0.15) is 6.10 Å². The van der Waals surface area contributed by atoms with E-state index in [-0.39, 0.29) is 12.2 Å². The second-order valence-corrected chi connectivity index (χ2v) is 7.28. The number of benzene rings is 1. The minimum atomic E-state index is -0.943. The lowest BCUT2D eigenvalue weighted by Crippen LogP contribution is -2.43.